The number of likely N-dealkylation sites (N-methyl/N-ethyl adjacent to an activating group) is 1. The average Bonchev–Trinajstić information content (AvgIpc) is 2.61. The van der Waals surface area contributed by atoms with Gasteiger partial charge in [-0.15, -0.1) is 0 Å². The first-order valence-electron chi connectivity index (χ1n) is 10.1. The van der Waals surface area contributed by atoms with Crippen LogP contribution in [0.25, 0.3) is 0 Å². The molecule has 160 valence electrons. The molecule has 0 N–H and O–H groups in total. The van der Waals surface area contributed by atoms with Crippen molar-refractivity contribution < 1.29 is 23.9 Å². The van der Waals surface area contributed by atoms with Gasteiger partial charge in [-0.3, -0.25) is 19.2 Å². The lowest BCUT2D eigenvalue weighted by molar-refractivity contribution is -0.135. The molecule has 0 atom stereocenters. The molecule has 0 saturated carbocycles. The van der Waals surface area contributed by atoms with Gasteiger partial charge in [-0.05, 0) is 30.4 Å². The van der Waals surface area contributed by atoms with Crippen molar-refractivity contribution in [3.8, 4) is 0 Å². The third-order valence-corrected chi connectivity index (χ3v) is 4.32. The fraction of sp³-hybridized carbons (Fsp3) is 0.565. The van der Waals surface area contributed by atoms with Gasteiger partial charge >= 0.3 is 0 Å². The van der Waals surface area contributed by atoms with Crippen molar-refractivity contribution in [3.05, 3.63) is 35.4 Å². The van der Waals surface area contributed by atoms with Crippen molar-refractivity contribution in [1.82, 2.24) is 4.90 Å². The summed E-state index contributed by atoms with van der Waals surface area (Å²) in [6.07, 6.45) is 1.91. The van der Waals surface area contributed by atoms with Gasteiger partial charge in [0.1, 0.15) is 24.0 Å². The number of ketones is 3. The van der Waals surface area contributed by atoms with Gasteiger partial charge in [0.2, 0.25) is 5.91 Å². The number of nitrogens with zero attached hydrogens (tertiary/aromatic N) is 1. The number of ether oxygens (including phenoxy) is 1. The Labute approximate surface area is 173 Å². The highest BCUT2D eigenvalue weighted by Crippen LogP contribution is 2.09. The second kappa shape index (κ2) is 13.0. The van der Waals surface area contributed by atoms with Crippen LogP contribution in [0.4, 0.5) is 0 Å². The predicted molar refractivity (Wildman–Crippen MR) is 111 cm³/mol. The van der Waals surface area contributed by atoms with Gasteiger partial charge < -0.3 is 9.64 Å². The van der Waals surface area contributed by atoms with Crippen molar-refractivity contribution in [2.24, 2.45) is 5.92 Å². The highest BCUT2D eigenvalue weighted by molar-refractivity contribution is 5.98. The van der Waals surface area contributed by atoms with Crippen molar-refractivity contribution in [3.63, 3.8) is 0 Å². The van der Waals surface area contributed by atoms with Gasteiger partial charge in [-0.25, -0.2) is 0 Å². The zero-order valence-electron chi connectivity index (χ0n) is 18.0. The summed E-state index contributed by atoms with van der Waals surface area (Å²) in [5, 5.41) is 0. The second-order valence-electron chi connectivity index (χ2n) is 7.95. The van der Waals surface area contributed by atoms with Gasteiger partial charge in [-0.1, -0.05) is 38.1 Å². The number of carbonyl (C=O) groups excluding carboxylic acids is 4. The molecule has 1 rings (SSSR count). The number of benzene rings is 1. The van der Waals surface area contributed by atoms with E-state index in [-0.39, 0.29) is 42.7 Å². The fourth-order valence-corrected chi connectivity index (χ4v) is 2.89. The molecule has 1 amide bonds. The Kier molecular flexibility index (Phi) is 11.1. The first-order valence-corrected chi connectivity index (χ1v) is 10.1. The summed E-state index contributed by atoms with van der Waals surface area (Å²) in [5.41, 5.74) is 1.80. The lowest BCUT2D eigenvalue weighted by atomic mass is 10.0. The van der Waals surface area contributed by atoms with E-state index in [1.807, 2.05) is 38.1 Å². The number of Topliss-reactive ketones (excluding diaryl/α,β-unsaturated/α-hetero) is 3. The fourth-order valence-electron chi connectivity index (χ4n) is 2.89. The van der Waals surface area contributed by atoms with Gasteiger partial charge in [0.05, 0.1) is 6.42 Å². The maximum Gasteiger partial charge on any atom is 0.248 e. The van der Waals surface area contributed by atoms with E-state index in [1.165, 1.54) is 6.92 Å². The van der Waals surface area contributed by atoms with E-state index >= 15 is 0 Å². The van der Waals surface area contributed by atoms with Crippen molar-refractivity contribution in [1.29, 1.82) is 0 Å². The Morgan fingerprint density at radius 3 is 2.21 bits per heavy atom. The molecular formula is C23H33NO5. The highest BCUT2D eigenvalue weighted by Gasteiger charge is 2.11. The minimum atomic E-state index is -0.129. The molecule has 0 aliphatic carbocycles. The normalized spacial score (nSPS) is 10.8. The summed E-state index contributed by atoms with van der Waals surface area (Å²) in [4.78, 5) is 48.1. The van der Waals surface area contributed by atoms with Crippen LogP contribution in [0, 0.1) is 5.92 Å². The standard InChI is InChI=1S/C23H33NO5/c1-17(2)12-21(26)6-5-11-29-16-23(28)24(4)15-20-9-7-19(8-10-20)14-22(27)13-18(3)25/h7-10,17H,5-6,11-16H2,1-4H3. The Hall–Kier alpha value is -2.34. The van der Waals surface area contributed by atoms with Crippen LogP contribution in [0.3, 0.4) is 0 Å². The molecule has 29 heavy (non-hydrogen) atoms. The van der Waals surface area contributed by atoms with E-state index in [2.05, 4.69) is 0 Å². The van der Waals surface area contributed by atoms with E-state index in [4.69, 9.17) is 4.74 Å². The summed E-state index contributed by atoms with van der Waals surface area (Å²) in [6.45, 7) is 6.27. The van der Waals surface area contributed by atoms with Crippen LogP contribution in [0.15, 0.2) is 24.3 Å². The maximum atomic E-state index is 12.2. The number of hydrogen-bond acceptors (Lipinski definition) is 5. The van der Waals surface area contributed by atoms with E-state index in [0.717, 1.165) is 11.1 Å². The molecule has 0 bridgehead atoms. The van der Waals surface area contributed by atoms with Crippen molar-refractivity contribution in [2.75, 3.05) is 20.3 Å². The topological polar surface area (TPSA) is 80.8 Å². The molecule has 0 aromatic heterocycles. The predicted octanol–water partition coefficient (Wildman–Crippen LogP) is 3.15. The summed E-state index contributed by atoms with van der Waals surface area (Å²) >= 11 is 0. The largest absolute Gasteiger partial charge is 0.372 e. The first kappa shape index (κ1) is 24.7. The molecule has 0 aliphatic rings. The molecule has 0 saturated heterocycles. The zero-order valence-corrected chi connectivity index (χ0v) is 18.0. The monoisotopic (exact) mass is 403 g/mol. The van der Waals surface area contributed by atoms with Crippen LogP contribution in [0.5, 0.6) is 0 Å². The Balaban J connectivity index is 2.31. The molecule has 1 aromatic rings. The van der Waals surface area contributed by atoms with Gasteiger partial charge in [0, 0.05) is 39.5 Å². The molecule has 0 spiro atoms. The second-order valence-corrected chi connectivity index (χ2v) is 7.95. The van der Waals surface area contributed by atoms with Crippen molar-refractivity contribution >= 4 is 23.3 Å². The third-order valence-electron chi connectivity index (χ3n) is 4.32. The lowest BCUT2D eigenvalue weighted by Crippen LogP contribution is -2.30. The summed E-state index contributed by atoms with van der Waals surface area (Å²) in [7, 11) is 1.71. The average molecular weight is 404 g/mol. The Bertz CT molecular complexity index is 694. The zero-order chi connectivity index (χ0) is 21.8. The van der Waals surface area contributed by atoms with Crippen molar-refractivity contribution in [2.45, 2.75) is 59.4 Å². The highest BCUT2D eigenvalue weighted by atomic mass is 16.5. The molecule has 1 aromatic carbocycles. The summed E-state index contributed by atoms with van der Waals surface area (Å²) in [6, 6.07) is 7.44. The third kappa shape index (κ3) is 11.3. The molecule has 0 aliphatic heterocycles. The summed E-state index contributed by atoms with van der Waals surface area (Å²) in [5.74, 6) is 0.253. The first-order chi connectivity index (χ1) is 13.7. The van der Waals surface area contributed by atoms with Crippen LogP contribution in [-0.2, 0) is 36.9 Å². The number of amides is 1. The quantitative estimate of drug-likeness (QED) is 0.352. The molecular weight excluding hydrogens is 370 g/mol. The van der Waals surface area contributed by atoms with Gasteiger partial charge in [-0.2, -0.15) is 0 Å². The van der Waals surface area contributed by atoms with E-state index < -0.39 is 0 Å². The van der Waals surface area contributed by atoms with Crippen LogP contribution in [0.2, 0.25) is 0 Å². The molecule has 0 heterocycles. The molecule has 0 fully saturated rings. The van der Waals surface area contributed by atoms with E-state index in [0.29, 0.717) is 38.3 Å². The Morgan fingerprint density at radius 1 is 1.00 bits per heavy atom. The number of carbonyl (C=O) groups is 4. The van der Waals surface area contributed by atoms with Crippen LogP contribution >= 0.6 is 0 Å². The minimum absolute atomic E-state index is 0.00744. The number of hydrogen-bond donors (Lipinski definition) is 0. The van der Waals surface area contributed by atoms with Gasteiger partial charge in [0.15, 0.2) is 0 Å². The van der Waals surface area contributed by atoms with Crippen LogP contribution in [0.1, 0.15) is 57.6 Å². The maximum absolute atomic E-state index is 12.2. The Morgan fingerprint density at radius 2 is 1.62 bits per heavy atom. The molecule has 6 heteroatoms. The smallest absolute Gasteiger partial charge is 0.248 e. The van der Waals surface area contributed by atoms with E-state index in [9.17, 15) is 19.2 Å². The SMILES string of the molecule is CC(=O)CC(=O)Cc1ccc(CN(C)C(=O)COCCCC(=O)CC(C)C)cc1. The number of rotatable bonds is 14. The van der Waals surface area contributed by atoms with E-state index in [1.54, 1.807) is 11.9 Å². The van der Waals surface area contributed by atoms with Gasteiger partial charge in [0.25, 0.3) is 0 Å². The molecule has 0 radical (unpaired) electrons. The molecule has 0 unspecified atom stereocenters. The summed E-state index contributed by atoms with van der Waals surface area (Å²) < 4.78 is 5.40. The van der Waals surface area contributed by atoms with Crippen LogP contribution in [-0.4, -0.2) is 48.4 Å². The lowest BCUT2D eigenvalue weighted by Gasteiger charge is -2.17. The van der Waals surface area contributed by atoms with Crippen LogP contribution < -0.4 is 0 Å². The molecule has 6 nitrogen and oxygen atoms in total. The minimum Gasteiger partial charge on any atom is -0.372 e.